The number of nitrogen functional groups attached to an aromatic ring is 1. The fourth-order valence-electron chi connectivity index (χ4n) is 1.95. The van der Waals surface area contributed by atoms with E-state index in [1.807, 2.05) is 12.1 Å². The minimum atomic E-state index is -0.197. The molecule has 18 heavy (non-hydrogen) atoms. The van der Waals surface area contributed by atoms with E-state index in [2.05, 4.69) is 24.0 Å². The van der Waals surface area contributed by atoms with E-state index in [0.717, 1.165) is 12.0 Å². The van der Waals surface area contributed by atoms with E-state index in [1.54, 1.807) is 6.07 Å². The molecule has 0 saturated carbocycles. The molecule has 0 bridgehead atoms. The molecular weight excluding hydrogens is 246 g/mol. The molecule has 0 spiro atoms. The van der Waals surface area contributed by atoms with Crippen LogP contribution in [-0.4, -0.2) is 4.98 Å². The average Bonchev–Trinajstić information content (AvgIpc) is 2.35. The van der Waals surface area contributed by atoms with Crippen LogP contribution < -0.4 is 11.5 Å². The van der Waals surface area contributed by atoms with Gasteiger partial charge in [0.2, 0.25) is 0 Å². The Morgan fingerprint density at radius 3 is 2.78 bits per heavy atom. The van der Waals surface area contributed by atoms with Crippen molar-refractivity contribution in [2.45, 2.75) is 19.4 Å². The van der Waals surface area contributed by atoms with Gasteiger partial charge in [0.05, 0.1) is 5.02 Å². The van der Waals surface area contributed by atoms with Gasteiger partial charge in [-0.05, 0) is 30.5 Å². The van der Waals surface area contributed by atoms with Gasteiger partial charge in [0.15, 0.2) is 0 Å². The second-order valence-electron chi connectivity index (χ2n) is 4.37. The molecule has 0 amide bonds. The molecule has 94 valence electrons. The van der Waals surface area contributed by atoms with Crippen LogP contribution in [0.25, 0.3) is 0 Å². The molecule has 2 rings (SSSR count). The third kappa shape index (κ3) is 2.81. The molecule has 4 heteroatoms. The Kier molecular flexibility index (Phi) is 3.84. The molecule has 1 heterocycles. The highest BCUT2D eigenvalue weighted by atomic mass is 35.5. The number of aryl methyl sites for hydroxylation is 1. The Balaban J connectivity index is 2.25. The summed E-state index contributed by atoms with van der Waals surface area (Å²) < 4.78 is 0. The van der Waals surface area contributed by atoms with E-state index in [1.165, 1.54) is 17.3 Å². The van der Waals surface area contributed by atoms with Crippen molar-refractivity contribution in [2.75, 3.05) is 5.73 Å². The molecule has 1 unspecified atom stereocenters. The summed E-state index contributed by atoms with van der Waals surface area (Å²) in [6.45, 7) is 2.07. The number of benzene rings is 1. The molecule has 1 aromatic heterocycles. The highest BCUT2D eigenvalue weighted by Crippen LogP contribution is 2.24. The van der Waals surface area contributed by atoms with Crippen molar-refractivity contribution in [2.24, 2.45) is 5.73 Å². The molecule has 3 nitrogen and oxygen atoms in total. The Morgan fingerprint density at radius 1 is 1.33 bits per heavy atom. The normalized spacial score (nSPS) is 12.4. The number of nitrogens with two attached hydrogens (primary N) is 2. The second kappa shape index (κ2) is 5.38. The predicted molar refractivity (Wildman–Crippen MR) is 75.5 cm³/mol. The van der Waals surface area contributed by atoms with Crippen LogP contribution in [0.5, 0.6) is 0 Å². The van der Waals surface area contributed by atoms with Gasteiger partial charge < -0.3 is 11.5 Å². The molecule has 0 aliphatic carbocycles. The van der Waals surface area contributed by atoms with Crippen LogP contribution in [0.3, 0.4) is 0 Å². The van der Waals surface area contributed by atoms with Crippen molar-refractivity contribution in [3.05, 3.63) is 58.2 Å². The molecule has 2 aromatic rings. The minimum Gasteiger partial charge on any atom is -0.383 e. The van der Waals surface area contributed by atoms with Crippen molar-refractivity contribution in [3.8, 4) is 0 Å². The van der Waals surface area contributed by atoms with Crippen LogP contribution in [-0.2, 0) is 6.42 Å². The molecular formula is C14H16ClN3. The average molecular weight is 262 g/mol. The van der Waals surface area contributed by atoms with E-state index >= 15 is 0 Å². The van der Waals surface area contributed by atoms with Crippen molar-refractivity contribution < 1.29 is 0 Å². The second-order valence-corrected chi connectivity index (χ2v) is 4.80. The fraction of sp³-hybridized carbons (Fsp3) is 0.214. The quantitative estimate of drug-likeness (QED) is 0.893. The first kappa shape index (κ1) is 12.9. The van der Waals surface area contributed by atoms with Crippen LogP contribution in [0, 0.1) is 6.92 Å². The van der Waals surface area contributed by atoms with Crippen LogP contribution >= 0.6 is 11.6 Å². The lowest BCUT2D eigenvalue weighted by Gasteiger charge is -2.15. The summed E-state index contributed by atoms with van der Waals surface area (Å²) in [6, 6.07) is 9.75. The van der Waals surface area contributed by atoms with Crippen molar-refractivity contribution in [3.63, 3.8) is 0 Å². The zero-order chi connectivity index (χ0) is 13.1. The van der Waals surface area contributed by atoms with Gasteiger partial charge in [-0.15, -0.1) is 0 Å². The molecule has 1 atom stereocenters. The van der Waals surface area contributed by atoms with Gasteiger partial charge in [-0.3, -0.25) is 0 Å². The monoisotopic (exact) mass is 261 g/mol. The van der Waals surface area contributed by atoms with Gasteiger partial charge in [0, 0.05) is 17.8 Å². The molecule has 1 aromatic carbocycles. The van der Waals surface area contributed by atoms with Gasteiger partial charge in [-0.2, -0.15) is 0 Å². The topological polar surface area (TPSA) is 64.9 Å². The summed E-state index contributed by atoms with van der Waals surface area (Å²) in [5.74, 6) is 0.445. The van der Waals surface area contributed by atoms with Crippen LogP contribution in [0.4, 0.5) is 5.82 Å². The maximum absolute atomic E-state index is 6.19. The number of hydrogen-bond donors (Lipinski definition) is 2. The Morgan fingerprint density at radius 2 is 2.06 bits per heavy atom. The largest absolute Gasteiger partial charge is 0.383 e. The van der Waals surface area contributed by atoms with E-state index in [0.29, 0.717) is 10.8 Å². The van der Waals surface area contributed by atoms with Gasteiger partial charge in [0.25, 0.3) is 0 Å². The number of anilines is 1. The third-order valence-electron chi connectivity index (χ3n) is 3.02. The number of pyridine rings is 1. The number of halogens is 1. The zero-order valence-electron chi connectivity index (χ0n) is 10.2. The summed E-state index contributed by atoms with van der Waals surface area (Å²) in [5.41, 5.74) is 15.3. The van der Waals surface area contributed by atoms with Crippen LogP contribution in [0.2, 0.25) is 5.02 Å². The van der Waals surface area contributed by atoms with Gasteiger partial charge in [-0.25, -0.2) is 4.98 Å². The fourth-order valence-corrected chi connectivity index (χ4v) is 2.11. The highest BCUT2D eigenvalue weighted by molar-refractivity contribution is 6.30. The van der Waals surface area contributed by atoms with Gasteiger partial charge >= 0.3 is 0 Å². The first-order chi connectivity index (χ1) is 8.58. The summed E-state index contributed by atoms with van der Waals surface area (Å²) in [4.78, 5) is 4.03. The van der Waals surface area contributed by atoms with Crippen LogP contribution in [0.15, 0.2) is 36.5 Å². The van der Waals surface area contributed by atoms with E-state index in [-0.39, 0.29) is 6.04 Å². The lowest BCUT2D eigenvalue weighted by molar-refractivity contribution is 0.718. The lowest BCUT2D eigenvalue weighted by Crippen LogP contribution is -2.16. The van der Waals surface area contributed by atoms with E-state index in [9.17, 15) is 0 Å². The van der Waals surface area contributed by atoms with Crippen LogP contribution in [0.1, 0.15) is 22.7 Å². The summed E-state index contributed by atoms with van der Waals surface area (Å²) in [6.07, 6.45) is 2.25. The SMILES string of the molecule is Cc1ccccc1CC(N)c1cc(Cl)cnc1N. The molecule has 4 N–H and O–H groups in total. The molecule has 0 fully saturated rings. The Labute approximate surface area is 112 Å². The maximum Gasteiger partial charge on any atom is 0.128 e. The Hall–Kier alpha value is -1.58. The minimum absolute atomic E-state index is 0.197. The summed E-state index contributed by atoms with van der Waals surface area (Å²) in [5, 5.41) is 0.555. The van der Waals surface area contributed by atoms with E-state index in [4.69, 9.17) is 23.1 Å². The standard InChI is InChI=1S/C14H16ClN3/c1-9-4-2-3-5-10(9)6-13(16)12-7-11(15)8-18-14(12)17/h2-5,7-8,13H,6,16H2,1H3,(H2,17,18). The first-order valence-corrected chi connectivity index (χ1v) is 6.16. The zero-order valence-corrected chi connectivity index (χ0v) is 11.0. The molecule has 0 saturated heterocycles. The molecule has 0 aliphatic heterocycles. The predicted octanol–water partition coefficient (Wildman–Crippen LogP) is 2.87. The number of nitrogens with zero attached hydrogens (tertiary/aromatic N) is 1. The number of aromatic nitrogens is 1. The summed E-state index contributed by atoms with van der Waals surface area (Å²) >= 11 is 5.92. The maximum atomic E-state index is 6.19. The number of hydrogen-bond acceptors (Lipinski definition) is 3. The molecule has 0 aliphatic rings. The third-order valence-corrected chi connectivity index (χ3v) is 3.22. The van der Waals surface area contributed by atoms with Crippen molar-refractivity contribution in [1.82, 2.24) is 4.98 Å². The highest BCUT2D eigenvalue weighted by Gasteiger charge is 2.13. The van der Waals surface area contributed by atoms with Crippen molar-refractivity contribution >= 4 is 17.4 Å². The summed E-state index contributed by atoms with van der Waals surface area (Å²) in [7, 11) is 0. The molecule has 0 radical (unpaired) electrons. The van der Waals surface area contributed by atoms with Gasteiger partial charge in [0.1, 0.15) is 5.82 Å². The smallest absolute Gasteiger partial charge is 0.128 e. The first-order valence-electron chi connectivity index (χ1n) is 5.79. The lowest BCUT2D eigenvalue weighted by atomic mass is 9.97. The van der Waals surface area contributed by atoms with Gasteiger partial charge in [-0.1, -0.05) is 35.9 Å². The Bertz CT molecular complexity index is 554. The van der Waals surface area contributed by atoms with E-state index < -0.39 is 0 Å². The number of rotatable bonds is 3. The van der Waals surface area contributed by atoms with Crippen molar-refractivity contribution in [1.29, 1.82) is 0 Å².